The quantitative estimate of drug-likeness (QED) is 0.863. The molecule has 1 fully saturated rings. The van der Waals surface area contributed by atoms with Crippen molar-refractivity contribution in [1.82, 2.24) is 24.9 Å². The highest BCUT2D eigenvalue weighted by atomic mass is 16.1. The molecule has 0 spiro atoms. The van der Waals surface area contributed by atoms with Crippen LogP contribution in [0.4, 0.5) is 5.82 Å². The van der Waals surface area contributed by atoms with Gasteiger partial charge in [0.1, 0.15) is 11.6 Å². The van der Waals surface area contributed by atoms with Crippen molar-refractivity contribution in [2.75, 3.05) is 25.0 Å². The maximum absolute atomic E-state index is 11.6. The summed E-state index contributed by atoms with van der Waals surface area (Å²) in [4.78, 5) is 18.5. The Morgan fingerprint density at radius 3 is 2.81 bits per heavy atom. The van der Waals surface area contributed by atoms with Crippen LogP contribution in [-0.2, 0) is 0 Å². The van der Waals surface area contributed by atoms with Crippen LogP contribution >= 0.6 is 0 Å². The Balaban J connectivity index is 1.81. The smallest absolute Gasteiger partial charge is 0.349 e. The lowest BCUT2D eigenvalue weighted by atomic mass is 9.90. The molecule has 0 radical (unpaired) electrons. The maximum Gasteiger partial charge on any atom is 0.349 e. The fourth-order valence-electron chi connectivity index (χ4n) is 3.11. The molecule has 21 heavy (non-hydrogen) atoms. The molecule has 3 rings (SSSR count). The van der Waals surface area contributed by atoms with Crippen LogP contribution in [-0.4, -0.2) is 45.8 Å². The van der Waals surface area contributed by atoms with Crippen LogP contribution in [0.2, 0.25) is 0 Å². The summed E-state index contributed by atoms with van der Waals surface area (Å²) in [6.07, 6.45) is 2.31. The van der Waals surface area contributed by atoms with E-state index < -0.39 is 0 Å². The van der Waals surface area contributed by atoms with Gasteiger partial charge in [-0.2, -0.15) is 5.10 Å². The van der Waals surface area contributed by atoms with Crippen LogP contribution in [0.3, 0.4) is 0 Å². The molecule has 1 atom stereocenters. The van der Waals surface area contributed by atoms with E-state index in [9.17, 15) is 4.79 Å². The first kappa shape index (κ1) is 14.1. The predicted molar refractivity (Wildman–Crippen MR) is 81.8 cm³/mol. The molecule has 0 amide bonds. The maximum atomic E-state index is 11.6. The Bertz CT molecular complexity index is 682. The van der Waals surface area contributed by atoms with Gasteiger partial charge in [0.05, 0.1) is 0 Å². The molecule has 1 aliphatic heterocycles. The molecule has 1 aliphatic rings. The Labute approximate surface area is 123 Å². The van der Waals surface area contributed by atoms with Crippen molar-refractivity contribution < 1.29 is 0 Å². The van der Waals surface area contributed by atoms with Crippen molar-refractivity contribution in [3.05, 3.63) is 22.4 Å². The van der Waals surface area contributed by atoms with E-state index in [-0.39, 0.29) is 5.69 Å². The van der Waals surface area contributed by atoms with E-state index in [4.69, 9.17) is 0 Å². The minimum Gasteiger partial charge on any atom is -0.356 e. The van der Waals surface area contributed by atoms with Crippen LogP contribution in [0.15, 0.2) is 10.9 Å². The van der Waals surface area contributed by atoms with E-state index in [1.165, 1.54) is 4.40 Å². The van der Waals surface area contributed by atoms with Gasteiger partial charge in [-0.05, 0) is 39.7 Å². The molecule has 2 aromatic heterocycles. The van der Waals surface area contributed by atoms with E-state index in [0.717, 1.165) is 31.7 Å². The summed E-state index contributed by atoms with van der Waals surface area (Å²) >= 11 is 0. The van der Waals surface area contributed by atoms with Crippen molar-refractivity contribution in [1.29, 1.82) is 0 Å². The zero-order valence-electron chi connectivity index (χ0n) is 12.8. The monoisotopic (exact) mass is 290 g/mol. The van der Waals surface area contributed by atoms with Gasteiger partial charge in [-0.3, -0.25) is 0 Å². The summed E-state index contributed by atoms with van der Waals surface area (Å²) < 4.78 is 1.50. The van der Waals surface area contributed by atoms with Crippen molar-refractivity contribution >= 4 is 11.5 Å². The van der Waals surface area contributed by atoms with Crippen molar-refractivity contribution in [3.63, 3.8) is 0 Å². The number of rotatable bonds is 3. The molecule has 0 saturated carbocycles. The Hall–Kier alpha value is -1.89. The number of anilines is 1. The molecule has 0 aromatic carbocycles. The van der Waals surface area contributed by atoms with Crippen molar-refractivity contribution in [3.8, 4) is 0 Å². The fourth-order valence-corrected chi connectivity index (χ4v) is 3.11. The average Bonchev–Trinajstić information content (AvgIpc) is 2.88. The standard InChI is InChI=1S/C14H22N6O/c1-9(15-3)11-4-6-19(7-5-11)12-8-13-17-18-14(21)20(13)10(2)16-12/h8-9,11,15H,4-7H2,1-3H3,(H,18,21). The van der Waals surface area contributed by atoms with Crippen molar-refractivity contribution in [2.24, 2.45) is 5.92 Å². The summed E-state index contributed by atoms with van der Waals surface area (Å²) in [6.45, 7) is 6.07. The number of piperidine rings is 1. The van der Waals surface area contributed by atoms with E-state index in [2.05, 4.69) is 32.3 Å². The molecule has 7 heteroatoms. The van der Waals surface area contributed by atoms with Crippen LogP contribution < -0.4 is 15.9 Å². The summed E-state index contributed by atoms with van der Waals surface area (Å²) in [5.41, 5.74) is 0.399. The molecule has 1 unspecified atom stereocenters. The first-order valence-corrected chi connectivity index (χ1v) is 7.47. The van der Waals surface area contributed by atoms with Gasteiger partial charge in [-0.1, -0.05) is 0 Å². The number of hydrogen-bond donors (Lipinski definition) is 2. The number of nitrogens with zero attached hydrogens (tertiary/aromatic N) is 4. The van der Waals surface area contributed by atoms with Gasteiger partial charge in [-0.15, -0.1) is 0 Å². The second-order valence-corrected chi connectivity index (χ2v) is 5.79. The van der Waals surface area contributed by atoms with Gasteiger partial charge >= 0.3 is 5.69 Å². The van der Waals surface area contributed by atoms with Gasteiger partial charge < -0.3 is 10.2 Å². The Kier molecular flexibility index (Phi) is 3.67. The highest BCUT2D eigenvalue weighted by molar-refractivity contribution is 5.51. The predicted octanol–water partition coefficient (Wildman–Crippen LogP) is 0.550. The minimum absolute atomic E-state index is 0.233. The molecule has 0 aliphatic carbocycles. The number of nitrogens with one attached hydrogen (secondary N) is 2. The first-order valence-electron chi connectivity index (χ1n) is 7.47. The topological polar surface area (TPSA) is 78.3 Å². The number of fused-ring (bicyclic) bond motifs is 1. The molecule has 0 bridgehead atoms. The molecule has 3 heterocycles. The summed E-state index contributed by atoms with van der Waals surface area (Å²) in [5.74, 6) is 2.30. The van der Waals surface area contributed by atoms with Gasteiger partial charge in [0.2, 0.25) is 0 Å². The van der Waals surface area contributed by atoms with Crippen LogP contribution in [0.25, 0.3) is 5.65 Å². The summed E-state index contributed by atoms with van der Waals surface area (Å²) in [5, 5.41) is 9.85. The summed E-state index contributed by atoms with van der Waals surface area (Å²) in [7, 11) is 2.02. The first-order chi connectivity index (χ1) is 10.1. The Morgan fingerprint density at radius 1 is 1.43 bits per heavy atom. The fraction of sp³-hybridized carbons (Fsp3) is 0.643. The third-order valence-corrected chi connectivity index (χ3v) is 4.58. The molecule has 114 valence electrons. The molecular formula is C14H22N6O. The van der Waals surface area contributed by atoms with E-state index >= 15 is 0 Å². The number of aromatic nitrogens is 4. The van der Waals surface area contributed by atoms with E-state index in [1.54, 1.807) is 0 Å². The lowest BCUT2D eigenvalue weighted by Crippen LogP contribution is -2.41. The lowest BCUT2D eigenvalue weighted by Gasteiger charge is -2.35. The lowest BCUT2D eigenvalue weighted by molar-refractivity contribution is 0.323. The van der Waals surface area contributed by atoms with Crippen molar-refractivity contribution in [2.45, 2.75) is 32.7 Å². The van der Waals surface area contributed by atoms with Gasteiger partial charge in [0.25, 0.3) is 0 Å². The average molecular weight is 290 g/mol. The third kappa shape index (κ3) is 2.53. The zero-order valence-corrected chi connectivity index (χ0v) is 12.8. The van der Waals surface area contributed by atoms with Crippen LogP contribution in [0.5, 0.6) is 0 Å². The van der Waals surface area contributed by atoms with Gasteiger partial charge in [-0.25, -0.2) is 19.3 Å². The zero-order chi connectivity index (χ0) is 15.0. The highest BCUT2D eigenvalue weighted by Crippen LogP contribution is 2.24. The second kappa shape index (κ2) is 5.48. The van der Waals surface area contributed by atoms with Gasteiger partial charge in [0, 0.05) is 25.2 Å². The number of H-pyrrole nitrogens is 1. The van der Waals surface area contributed by atoms with Gasteiger partial charge in [0.15, 0.2) is 5.65 Å². The molecule has 1 saturated heterocycles. The second-order valence-electron chi connectivity index (χ2n) is 5.79. The molecular weight excluding hydrogens is 268 g/mol. The Morgan fingerprint density at radius 2 is 2.14 bits per heavy atom. The van der Waals surface area contributed by atoms with E-state index in [0.29, 0.717) is 23.4 Å². The van der Waals surface area contributed by atoms with Crippen LogP contribution in [0.1, 0.15) is 25.6 Å². The minimum atomic E-state index is -0.233. The number of aromatic amines is 1. The molecule has 2 aromatic rings. The molecule has 2 N–H and O–H groups in total. The summed E-state index contributed by atoms with van der Waals surface area (Å²) in [6, 6.07) is 2.43. The molecule has 7 nitrogen and oxygen atoms in total. The highest BCUT2D eigenvalue weighted by Gasteiger charge is 2.24. The largest absolute Gasteiger partial charge is 0.356 e. The number of aryl methyl sites for hydroxylation is 1. The SMILES string of the molecule is CNC(C)C1CCN(c2cc3n[nH]c(=O)n3c(C)n2)CC1. The van der Waals surface area contributed by atoms with Crippen LogP contribution in [0, 0.1) is 12.8 Å². The van der Waals surface area contributed by atoms with E-state index in [1.807, 2.05) is 20.0 Å². The third-order valence-electron chi connectivity index (χ3n) is 4.58. The normalized spacial score (nSPS) is 18.3. The number of hydrogen-bond acceptors (Lipinski definition) is 5.